The number of hydrogen-bond donors (Lipinski definition) is 2. The number of anilines is 1. The van der Waals surface area contributed by atoms with Crippen LogP contribution in [-0.2, 0) is 4.79 Å². The van der Waals surface area contributed by atoms with Crippen LogP contribution in [0.4, 0.5) is 5.69 Å². The van der Waals surface area contributed by atoms with Gasteiger partial charge in [-0.05, 0) is 31.0 Å². The van der Waals surface area contributed by atoms with Gasteiger partial charge in [0, 0.05) is 11.0 Å². The van der Waals surface area contributed by atoms with Crippen LogP contribution in [0, 0.1) is 0 Å². The molecule has 2 rings (SSSR count). The van der Waals surface area contributed by atoms with Crippen LogP contribution >= 0.6 is 15.9 Å². The van der Waals surface area contributed by atoms with E-state index in [9.17, 15) is 9.59 Å². The minimum absolute atomic E-state index is 0.345. The second-order valence-corrected chi connectivity index (χ2v) is 5.13. The van der Waals surface area contributed by atoms with Gasteiger partial charge in [-0.25, -0.2) is 4.79 Å². The van der Waals surface area contributed by atoms with Crippen molar-refractivity contribution in [3.05, 3.63) is 28.2 Å². The van der Waals surface area contributed by atoms with Crippen molar-refractivity contribution < 1.29 is 14.7 Å². The van der Waals surface area contributed by atoms with Crippen molar-refractivity contribution in [2.24, 2.45) is 5.73 Å². The number of hydrogen-bond acceptors (Lipinski definition) is 3. The summed E-state index contributed by atoms with van der Waals surface area (Å²) in [6.07, 6.45) is 1.38. The first-order valence-corrected chi connectivity index (χ1v) is 6.39. The van der Waals surface area contributed by atoms with E-state index < -0.39 is 17.9 Å². The summed E-state index contributed by atoms with van der Waals surface area (Å²) in [5.74, 6) is -1.42. The molecule has 1 aromatic rings. The minimum atomic E-state index is -0.870. The van der Waals surface area contributed by atoms with Crippen molar-refractivity contribution in [1.29, 1.82) is 0 Å². The van der Waals surface area contributed by atoms with E-state index in [0.29, 0.717) is 24.2 Å². The second kappa shape index (κ2) is 4.97. The highest BCUT2D eigenvalue weighted by Gasteiger charge is 2.32. The molecule has 1 unspecified atom stereocenters. The fourth-order valence-electron chi connectivity index (χ4n) is 2.27. The van der Waals surface area contributed by atoms with Crippen LogP contribution in [0.3, 0.4) is 0 Å². The predicted octanol–water partition coefficient (Wildman–Crippen LogP) is 1.60. The molecule has 1 saturated heterocycles. The van der Waals surface area contributed by atoms with E-state index >= 15 is 0 Å². The number of carbonyl (C=O) groups excluding carboxylic acids is 1. The Morgan fingerprint density at radius 1 is 1.44 bits per heavy atom. The van der Waals surface area contributed by atoms with E-state index in [0.717, 1.165) is 10.9 Å². The van der Waals surface area contributed by atoms with E-state index in [2.05, 4.69) is 15.9 Å². The molecule has 1 fully saturated rings. The fourth-order valence-corrected chi connectivity index (χ4v) is 2.63. The molecule has 0 radical (unpaired) electrons. The summed E-state index contributed by atoms with van der Waals surface area (Å²) in [6, 6.07) is 4.54. The highest BCUT2D eigenvalue weighted by atomic mass is 79.9. The van der Waals surface area contributed by atoms with E-state index in [4.69, 9.17) is 10.8 Å². The van der Waals surface area contributed by atoms with E-state index in [1.54, 1.807) is 23.1 Å². The van der Waals surface area contributed by atoms with Crippen molar-refractivity contribution >= 4 is 33.5 Å². The second-order valence-electron chi connectivity index (χ2n) is 4.22. The Labute approximate surface area is 113 Å². The molecule has 0 saturated carbocycles. The molecule has 1 aromatic carbocycles. The van der Waals surface area contributed by atoms with Crippen molar-refractivity contribution in [3.8, 4) is 0 Å². The standard InChI is InChI=1S/C12H13BrN2O3/c13-7-3-4-9(8(6-7)11(14)16)15-5-1-2-10(15)12(17)18/h3-4,6,10H,1-2,5H2,(H2,14,16)(H,17,18). The first-order valence-electron chi connectivity index (χ1n) is 5.59. The molecule has 96 valence electrons. The van der Waals surface area contributed by atoms with Crippen LogP contribution < -0.4 is 10.6 Å². The zero-order valence-electron chi connectivity index (χ0n) is 9.60. The Morgan fingerprint density at radius 2 is 2.17 bits per heavy atom. The van der Waals surface area contributed by atoms with Crippen LogP contribution in [0.25, 0.3) is 0 Å². The Morgan fingerprint density at radius 3 is 2.78 bits per heavy atom. The third-order valence-electron chi connectivity index (χ3n) is 3.07. The zero-order valence-corrected chi connectivity index (χ0v) is 11.2. The highest BCUT2D eigenvalue weighted by molar-refractivity contribution is 9.10. The molecule has 0 aromatic heterocycles. The lowest BCUT2D eigenvalue weighted by Gasteiger charge is -2.25. The van der Waals surface area contributed by atoms with E-state index in [-0.39, 0.29) is 0 Å². The first kappa shape index (κ1) is 12.9. The summed E-state index contributed by atoms with van der Waals surface area (Å²) >= 11 is 3.27. The Bertz CT molecular complexity index is 504. The van der Waals surface area contributed by atoms with Crippen molar-refractivity contribution in [3.63, 3.8) is 0 Å². The number of carbonyl (C=O) groups is 2. The molecular weight excluding hydrogens is 300 g/mol. The number of halogens is 1. The van der Waals surface area contributed by atoms with Crippen LogP contribution in [0.2, 0.25) is 0 Å². The number of primary amides is 1. The molecule has 3 N–H and O–H groups in total. The molecule has 0 aliphatic carbocycles. The smallest absolute Gasteiger partial charge is 0.326 e. The Kier molecular flexibility index (Phi) is 3.56. The molecule has 5 nitrogen and oxygen atoms in total. The molecule has 1 atom stereocenters. The maximum absolute atomic E-state index is 11.4. The highest BCUT2D eigenvalue weighted by Crippen LogP contribution is 2.30. The third-order valence-corrected chi connectivity index (χ3v) is 3.56. The molecule has 0 bridgehead atoms. The van der Waals surface area contributed by atoms with Gasteiger partial charge in [-0.15, -0.1) is 0 Å². The number of nitrogens with zero attached hydrogens (tertiary/aromatic N) is 1. The number of benzene rings is 1. The SMILES string of the molecule is NC(=O)c1cc(Br)ccc1N1CCCC1C(=O)O. The lowest BCUT2D eigenvalue weighted by molar-refractivity contribution is -0.138. The normalized spacial score (nSPS) is 18.9. The zero-order chi connectivity index (χ0) is 13.3. The number of rotatable bonds is 3. The summed E-state index contributed by atoms with van der Waals surface area (Å²) in [5, 5.41) is 9.16. The van der Waals surface area contributed by atoms with E-state index in [1.165, 1.54) is 0 Å². The van der Waals surface area contributed by atoms with Gasteiger partial charge in [0.15, 0.2) is 0 Å². The number of nitrogens with two attached hydrogens (primary N) is 1. The predicted molar refractivity (Wildman–Crippen MR) is 70.7 cm³/mol. The summed E-state index contributed by atoms with van der Waals surface area (Å²) in [4.78, 5) is 24.3. The van der Waals surface area contributed by atoms with Crippen molar-refractivity contribution in [2.45, 2.75) is 18.9 Å². The van der Waals surface area contributed by atoms with Gasteiger partial charge in [0.05, 0.1) is 11.3 Å². The Balaban J connectivity index is 2.44. The molecule has 1 aliphatic heterocycles. The maximum Gasteiger partial charge on any atom is 0.326 e. The molecule has 6 heteroatoms. The van der Waals surface area contributed by atoms with Gasteiger partial charge in [0.1, 0.15) is 6.04 Å². The largest absolute Gasteiger partial charge is 0.480 e. The van der Waals surface area contributed by atoms with Gasteiger partial charge < -0.3 is 15.7 Å². The van der Waals surface area contributed by atoms with Crippen LogP contribution in [0.5, 0.6) is 0 Å². The minimum Gasteiger partial charge on any atom is -0.480 e. The topological polar surface area (TPSA) is 83.6 Å². The van der Waals surface area contributed by atoms with Gasteiger partial charge in [-0.1, -0.05) is 15.9 Å². The molecule has 0 spiro atoms. The van der Waals surface area contributed by atoms with Crippen LogP contribution in [0.1, 0.15) is 23.2 Å². The monoisotopic (exact) mass is 312 g/mol. The average molecular weight is 313 g/mol. The van der Waals surface area contributed by atoms with Crippen molar-refractivity contribution in [2.75, 3.05) is 11.4 Å². The van der Waals surface area contributed by atoms with Crippen LogP contribution in [0.15, 0.2) is 22.7 Å². The number of carboxylic acid groups (broad SMARTS) is 1. The number of carboxylic acids is 1. The quantitative estimate of drug-likeness (QED) is 0.888. The number of aliphatic carboxylic acids is 1. The molecular formula is C12H13BrN2O3. The van der Waals surface area contributed by atoms with Gasteiger partial charge in [0.2, 0.25) is 0 Å². The molecule has 1 amide bonds. The average Bonchev–Trinajstić information content (AvgIpc) is 2.77. The fraction of sp³-hybridized carbons (Fsp3) is 0.333. The summed E-state index contributed by atoms with van der Waals surface area (Å²) in [6.45, 7) is 0.624. The molecule has 1 aliphatic rings. The summed E-state index contributed by atoms with van der Waals surface area (Å²) < 4.78 is 0.742. The molecule has 1 heterocycles. The maximum atomic E-state index is 11.4. The lowest BCUT2D eigenvalue weighted by atomic mass is 10.1. The first-order chi connectivity index (χ1) is 8.50. The van der Waals surface area contributed by atoms with Gasteiger partial charge >= 0.3 is 5.97 Å². The summed E-state index contributed by atoms with van der Waals surface area (Å²) in [5.41, 5.74) is 6.28. The van der Waals surface area contributed by atoms with Gasteiger partial charge in [-0.2, -0.15) is 0 Å². The van der Waals surface area contributed by atoms with E-state index in [1.807, 2.05) is 0 Å². The molecule has 18 heavy (non-hydrogen) atoms. The number of amides is 1. The lowest BCUT2D eigenvalue weighted by Crippen LogP contribution is -2.37. The van der Waals surface area contributed by atoms with Gasteiger partial charge in [-0.3, -0.25) is 4.79 Å². The van der Waals surface area contributed by atoms with Gasteiger partial charge in [0.25, 0.3) is 5.91 Å². The van der Waals surface area contributed by atoms with Crippen LogP contribution in [-0.4, -0.2) is 29.6 Å². The Hall–Kier alpha value is -1.56. The summed E-state index contributed by atoms with van der Waals surface area (Å²) in [7, 11) is 0. The third kappa shape index (κ3) is 2.33. The van der Waals surface area contributed by atoms with Crippen molar-refractivity contribution in [1.82, 2.24) is 0 Å².